The Morgan fingerprint density at radius 2 is 2.05 bits per heavy atom. The van der Waals surface area contributed by atoms with Crippen molar-refractivity contribution in [3.63, 3.8) is 0 Å². The summed E-state index contributed by atoms with van der Waals surface area (Å²) in [6.07, 6.45) is 2.50. The van der Waals surface area contributed by atoms with Crippen molar-refractivity contribution < 1.29 is 12.8 Å². The van der Waals surface area contributed by atoms with Gasteiger partial charge in [-0.05, 0) is 43.2 Å². The van der Waals surface area contributed by atoms with Crippen LogP contribution in [0.15, 0.2) is 35.4 Å². The molecule has 1 atom stereocenters. The van der Waals surface area contributed by atoms with Crippen molar-refractivity contribution in [3.8, 4) is 0 Å². The first kappa shape index (κ1) is 14.2. The van der Waals surface area contributed by atoms with Crippen molar-refractivity contribution in [1.29, 1.82) is 0 Å². The highest BCUT2D eigenvalue weighted by Crippen LogP contribution is 2.31. The lowest BCUT2D eigenvalue weighted by molar-refractivity contribution is 0.471. The van der Waals surface area contributed by atoms with Gasteiger partial charge in [-0.15, -0.1) is 0 Å². The van der Waals surface area contributed by atoms with Gasteiger partial charge in [0.2, 0.25) is 10.0 Å². The lowest BCUT2D eigenvalue weighted by atomic mass is 10.0. The molecule has 21 heavy (non-hydrogen) atoms. The van der Waals surface area contributed by atoms with Crippen LogP contribution >= 0.6 is 0 Å². The van der Waals surface area contributed by atoms with E-state index in [0.29, 0.717) is 13.1 Å². The molecule has 1 N–H and O–H groups in total. The van der Waals surface area contributed by atoms with Crippen molar-refractivity contribution >= 4 is 10.0 Å². The highest BCUT2D eigenvalue weighted by Gasteiger charge is 2.34. The van der Waals surface area contributed by atoms with Gasteiger partial charge < -0.3 is 0 Å². The van der Waals surface area contributed by atoms with E-state index < -0.39 is 15.8 Å². The van der Waals surface area contributed by atoms with Crippen LogP contribution in [0.5, 0.6) is 0 Å². The number of sulfonamides is 1. The summed E-state index contributed by atoms with van der Waals surface area (Å²) in [6, 6.07) is 4.94. The Balaban J connectivity index is 1.82. The third kappa shape index (κ3) is 2.58. The number of benzene rings is 1. The minimum atomic E-state index is -3.56. The van der Waals surface area contributed by atoms with Crippen LogP contribution in [0.2, 0.25) is 0 Å². The van der Waals surface area contributed by atoms with Crippen LogP contribution in [0.4, 0.5) is 4.39 Å². The van der Waals surface area contributed by atoms with E-state index in [1.807, 2.05) is 6.92 Å². The zero-order valence-electron chi connectivity index (χ0n) is 11.6. The van der Waals surface area contributed by atoms with Crippen LogP contribution in [0.3, 0.4) is 0 Å². The summed E-state index contributed by atoms with van der Waals surface area (Å²) < 4.78 is 39.4. The first-order valence-corrected chi connectivity index (χ1v) is 8.18. The zero-order valence-corrected chi connectivity index (χ0v) is 12.4. The van der Waals surface area contributed by atoms with Crippen molar-refractivity contribution in [2.45, 2.75) is 24.2 Å². The van der Waals surface area contributed by atoms with E-state index in [1.165, 1.54) is 28.6 Å². The molecule has 0 unspecified atom stereocenters. The third-order valence-corrected chi connectivity index (χ3v) is 5.76. The Kier molecular flexibility index (Phi) is 3.54. The molecule has 1 saturated heterocycles. The molecule has 1 aromatic heterocycles. The molecule has 0 radical (unpaired) electrons. The van der Waals surface area contributed by atoms with Gasteiger partial charge in [0.1, 0.15) is 5.82 Å². The fraction of sp³-hybridized carbons (Fsp3) is 0.357. The van der Waals surface area contributed by atoms with Crippen molar-refractivity contribution in [1.82, 2.24) is 14.5 Å². The van der Waals surface area contributed by atoms with Crippen molar-refractivity contribution in [2.24, 2.45) is 0 Å². The Labute approximate surface area is 122 Å². The van der Waals surface area contributed by atoms with Gasteiger partial charge >= 0.3 is 0 Å². The van der Waals surface area contributed by atoms with Crippen LogP contribution in [-0.4, -0.2) is 36.0 Å². The quantitative estimate of drug-likeness (QED) is 0.943. The molecule has 112 valence electrons. The zero-order chi connectivity index (χ0) is 15.0. The predicted molar refractivity (Wildman–Crippen MR) is 75.8 cm³/mol. The number of halogens is 1. The average molecular weight is 309 g/mol. The second kappa shape index (κ2) is 5.23. The normalized spacial score (nSPS) is 20.0. The molecule has 0 bridgehead atoms. The van der Waals surface area contributed by atoms with E-state index in [1.54, 1.807) is 6.20 Å². The summed E-state index contributed by atoms with van der Waals surface area (Å²) in [4.78, 5) is 0.130. The largest absolute Gasteiger partial charge is 0.282 e. The molecule has 0 aliphatic carbocycles. The van der Waals surface area contributed by atoms with E-state index in [9.17, 15) is 12.8 Å². The summed E-state index contributed by atoms with van der Waals surface area (Å²) >= 11 is 0. The van der Waals surface area contributed by atoms with Crippen molar-refractivity contribution in [3.05, 3.63) is 47.5 Å². The molecule has 7 heteroatoms. The number of rotatable bonds is 3. The summed E-state index contributed by atoms with van der Waals surface area (Å²) in [7, 11) is -3.56. The number of aryl methyl sites for hydroxylation is 1. The number of nitrogens with zero attached hydrogens (tertiary/aromatic N) is 2. The fourth-order valence-corrected chi connectivity index (χ4v) is 4.21. The minimum absolute atomic E-state index is 0.128. The molecule has 1 aliphatic rings. The van der Waals surface area contributed by atoms with Gasteiger partial charge in [-0.1, -0.05) is 0 Å². The maximum absolute atomic E-state index is 12.9. The molecule has 3 rings (SSSR count). The van der Waals surface area contributed by atoms with Gasteiger partial charge in [-0.3, -0.25) is 5.10 Å². The second-order valence-corrected chi connectivity index (χ2v) is 7.21. The molecule has 1 aromatic carbocycles. The van der Waals surface area contributed by atoms with E-state index in [2.05, 4.69) is 10.2 Å². The molecular formula is C14H16FN3O2S. The number of nitrogens with one attached hydrogen (secondary N) is 1. The summed E-state index contributed by atoms with van der Waals surface area (Å²) in [6.45, 7) is 2.83. The Hall–Kier alpha value is -1.73. The molecule has 1 aliphatic heterocycles. The summed E-state index contributed by atoms with van der Waals surface area (Å²) in [5.41, 5.74) is 2.04. The van der Waals surface area contributed by atoms with E-state index >= 15 is 0 Å². The van der Waals surface area contributed by atoms with Gasteiger partial charge in [-0.2, -0.15) is 9.40 Å². The van der Waals surface area contributed by atoms with Crippen molar-refractivity contribution in [2.75, 3.05) is 13.1 Å². The van der Waals surface area contributed by atoms with Gasteiger partial charge in [-0.25, -0.2) is 12.8 Å². The number of hydrogen-bond acceptors (Lipinski definition) is 3. The SMILES string of the molecule is Cc1cn[nH]c1[C@@H]1CCN(S(=O)(=O)c2ccc(F)cc2)C1. The maximum atomic E-state index is 12.9. The van der Waals surface area contributed by atoms with Crippen LogP contribution in [0.25, 0.3) is 0 Å². The first-order valence-electron chi connectivity index (χ1n) is 6.74. The molecule has 0 amide bonds. The average Bonchev–Trinajstić information content (AvgIpc) is 3.07. The number of aromatic nitrogens is 2. The third-order valence-electron chi connectivity index (χ3n) is 3.88. The number of hydrogen-bond donors (Lipinski definition) is 1. The maximum Gasteiger partial charge on any atom is 0.243 e. The lowest BCUT2D eigenvalue weighted by Gasteiger charge is -2.16. The first-order chi connectivity index (χ1) is 9.98. The van der Waals surface area contributed by atoms with Crippen LogP contribution in [0.1, 0.15) is 23.6 Å². The Morgan fingerprint density at radius 1 is 1.33 bits per heavy atom. The Morgan fingerprint density at radius 3 is 2.67 bits per heavy atom. The predicted octanol–water partition coefficient (Wildman–Crippen LogP) is 2.04. The highest BCUT2D eigenvalue weighted by molar-refractivity contribution is 7.89. The van der Waals surface area contributed by atoms with Crippen LogP contribution < -0.4 is 0 Å². The van der Waals surface area contributed by atoms with Gasteiger partial charge in [0.25, 0.3) is 0 Å². The topological polar surface area (TPSA) is 66.1 Å². The standard InChI is InChI=1S/C14H16FN3O2S/c1-10-8-16-17-14(10)11-6-7-18(9-11)21(19,20)13-4-2-12(15)3-5-13/h2-5,8,11H,6-7,9H2,1H3,(H,16,17)/t11-/m1/s1. The molecular weight excluding hydrogens is 293 g/mol. The molecule has 0 spiro atoms. The van der Waals surface area contributed by atoms with Crippen LogP contribution in [-0.2, 0) is 10.0 Å². The molecule has 5 nitrogen and oxygen atoms in total. The summed E-state index contributed by atoms with van der Waals surface area (Å²) in [5, 5.41) is 6.93. The smallest absolute Gasteiger partial charge is 0.243 e. The van der Waals surface area contributed by atoms with Crippen LogP contribution in [0, 0.1) is 12.7 Å². The van der Waals surface area contributed by atoms with E-state index in [-0.39, 0.29) is 10.8 Å². The van der Waals surface area contributed by atoms with E-state index in [0.717, 1.165) is 17.7 Å². The lowest BCUT2D eigenvalue weighted by Crippen LogP contribution is -2.28. The van der Waals surface area contributed by atoms with Gasteiger partial charge in [0, 0.05) is 24.7 Å². The number of H-pyrrole nitrogens is 1. The number of aromatic amines is 1. The van der Waals surface area contributed by atoms with E-state index in [4.69, 9.17) is 0 Å². The molecule has 0 saturated carbocycles. The van der Waals surface area contributed by atoms with Gasteiger partial charge in [0.05, 0.1) is 11.1 Å². The summed E-state index contributed by atoms with van der Waals surface area (Å²) in [5.74, 6) is -0.316. The fourth-order valence-electron chi connectivity index (χ4n) is 2.71. The minimum Gasteiger partial charge on any atom is -0.282 e. The highest BCUT2D eigenvalue weighted by atomic mass is 32.2. The molecule has 2 heterocycles. The molecule has 2 aromatic rings. The molecule has 1 fully saturated rings. The monoisotopic (exact) mass is 309 g/mol. The Bertz CT molecular complexity index is 740. The van der Waals surface area contributed by atoms with Gasteiger partial charge in [0.15, 0.2) is 0 Å². The second-order valence-electron chi connectivity index (χ2n) is 5.27.